The molecular formula is C21H16BrClN4O. The molecule has 5 nitrogen and oxygen atoms in total. The molecule has 0 radical (unpaired) electrons. The van der Waals surface area contributed by atoms with Crippen molar-refractivity contribution in [2.24, 2.45) is 0 Å². The van der Waals surface area contributed by atoms with Gasteiger partial charge in [0.05, 0.1) is 5.02 Å². The molecule has 1 aliphatic heterocycles. The van der Waals surface area contributed by atoms with Crippen molar-refractivity contribution in [3.05, 3.63) is 74.9 Å². The van der Waals surface area contributed by atoms with Crippen LogP contribution in [0.15, 0.2) is 64.3 Å². The second-order valence-electron chi connectivity index (χ2n) is 6.93. The summed E-state index contributed by atoms with van der Waals surface area (Å²) in [6, 6.07) is 15.2. The lowest BCUT2D eigenvalue weighted by Crippen LogP contribution is -2.31. The Morgan fingerprint density at radius 1 is 1.14 bits per heavy atom. The maximum absolute atomic E-state index is 12.8. The fourth-order valence-corrected chi connectivity index (χ4v) is 4.53. The SMILES string of the molecule is O=C1CCCC2=C1C(c1cccc(Br)c1)n1nc(-c3ccccc3Cl)nc1N2. The number of nitrogens with one attached hydrogen (secondary N) is 1. The number of Topliss-reactive ketones (excluding diaryl/α,β-unsaturated/α-hetero) is 1. The number of carbonyl (C=O) groups is 1. The van der Waals surface area contributed by atoms with E-state index in [-0.39, 0.29) is 11.8 Å². The van der Waals surface area contributed by atoms with Gasteiger partial charge < -0.3 is 5.32 Å². The summed E-state index contributed by atoms with van der Waals surface area (Å²) < 4.78 is 2.77. The minimum atomic E-state index is -0.305. The van der Waals surface area contributed by atoms with Crippen LogP contribution in [0.2, 0.25) is 5.02 Å². The normalized spacial score (nSPS) is 18.5. The first kappa shape index (κ1) is 17.6. The molecule has 1 unspecified atom stereocenters. The summed E-state index contributed by atoms with van der Waals surface area (Å²) in [5, 5.41) is 8.69. The monoisotopic (exact) mass is 454 g/mol. The van der Waals surface area contributed by atoms with Gasteiger partial charge in [0.1, 0.15) is 6.04 Å². The number of allylic oxidation sites excluding steroid dienone is 2. The van der Waals surface area contributed by atoms with E-state index < -0.39 is 0 Å². The summed E-state index contributed by atoms with van der Waals surface area (Å²) in [5.74, 6) is 1.34. The third-order valence-corrected chi connectivity index (χ3v) is 5.97. The standard InChI is InChI=1S/C21H16BrClN4O/c22-13-6-3-5-12(11-13)19-18-16(9-4-10-17(18)28)24-21-25-20(26-27(19)21)14-7-1-2-8-15(14)23/h1-3,5-8,11,19H,4,9-10H2,(H,24,25,26). The number of aromatic nitrogens is 3. The molecule has 1 N–H and O–H groups in total. The van der Waals surface area contributed by atoms with E-state index in [9.17, 15) is 4.79 Å². The van der Waals surface area contributed by atoms with Crippen molar-refractivity contribution in [1.29, 1.82) is 0 Å². The fraction of sp³-hybridized carbons (Fsp3) is 0.190. The van der Waals surface area contributed by atoms with E-state index in [0.29, 0.717) is 23.2 Å². The predicted octanol–water partition coefficient (Wildman–Crippen LogP) is 5.38. The lowest BCUT2D eigenvalue weighted by Gasteiger charge is -2.32. The molecule has 1 aliphatic carbocycles. The van der Waals surface area contributed by atoms with Crippen molar-refractivity contribution in [2.75, 3.05) is 5.32 Å². The molecule has 140 valence electrons. The number of fused-ring (bicyclic) bond motifs is 1. The number of hydrogen-bond acceptors (Lipinski definition) is 4. The molecule has 1 atom stereocenters. The number of carbonyl (C=O) groups excluding carboxylic acids is 1. The van der Waals surface area contributed by atoms with E-state index in [0.717, 1.165) is 39.7 Å². The molecule has 28 heavy (non-hydrogen) atoms. The van der Waals surface area contributed by atoms with E-state index in [1.165, 1.54) is 0 Å². The number of benzene rings is 2. The minimum Gasteiger partial charge on any atom is -0.328 e. The molecule has 2 heterocycles. The van der Waals surface area contributed by atoms with Gasteiger partial charge in [0.25, 0.3) is 0 Å². The van der Waals surface area contributed by atoms with E-state index >= 15 is 0 Å². The van der Waals surface area contributed by atoms with Crippen LogP contribution in [0, 0.1) is 0 Å². The van der Waals surface area contributed by atoms with E-state index in [1.54, 1.807) is 0 Å². The Balaban J connectivity index is 1.71. The molecular weight excluding hydrogens is 440 g/mol. The van der Waals surface area contributed by atoms with Crippen molar-refractivity contribution >= 4 is 39.3 Å². The molecule has 5 rings (SSSR count). The Kier molecular flexibility index (Phi) is 4.33. The van der Waals surface area contributed by atoms with E-state index in [2.05, 4.69) is 21.2 Å². The smallest absolute Gasteiger partial charge is 0.226 e. The zero-order valence-electron chi connectivity index (χ0n) is 14.8. The molecule has 0 bridgehead atoms. The van der Waals surface area contributed by atoms with Crippen LogP contribution >= 0.6 is 27.5 Å². The number of ketones is 1. The van der Waals surface area contributed by atoms with Gasteiger partial charge in [-0.15, -0.1) is 5.10 Å². The zero-order valence-corrected chi connectivity index (χ0v) is 17.2. The van der Waals surface area contributed by atoms with Crippen LogP contribution < -0.4 is 5.32 Å². The lowest BCUT2D eigenvalue weighted by molar-refractivity contribution is -0.116. The fourth-order valence-electron chi connectivity index (χ4n) is 3.90. The molecule has 2 aliphatic rings. The van der Waals surface area contributed by atoms with Gasteiger partial charge in [-0.25, -0.2) is 4.68 Å². The van der Waals surface area contributed by atoms with Crippen LogP contribution in [0.4, 0.5) is 5.95 Å². The summed E-state index contributed by atoms with van der Waals surface area (Å²) >= 11 is 9.91. The number of rotatable bonds is 2. The Morgan fingerprint density at radius 3 is 2.82 bits per heavy atom. The molecule has 3 aromatic rings. The summed E-state index contributed by atoms with van der Waals surface area (Å²) in [5.41, 5.74) is 3.50. The third-order valence-electron chi connectivity index (χ3n) is 5.15. The summed E-state index contributed by atoms with van der Waals surface area (Å²) in [6.07, 6.45) is 2.24. The minimum absolute atomic E-state index is 0.166. The van der Waals surface area contributed by atoms with Gasteiger partial charge in [0.15, 0.2) is 11.6 Å². The Morgan fingerprint density at radius 2 is 2.00 bits per heavy atom. The van der Waals surface area contributed by atoms with Crippen LogP contribution in [0.5, 0.6) is 0 Å². The van der Waals surface area contributed by atoms with Crippen LogP contribution in [-0.4, -0.2) is 20.5 Å². The first-order valence-corrected chi connectivity index (χ1v) is 10.3. The summed E-state index contributed by atoms with van der Waals surface area (Å²) in [7, 11) is 0. The lowest BCUT2D eigenvalue weighted by atomic mass is 9.85. The quantitative estimate of drug-likeness (QED) is 0.563. The van der Waals surface area contributed by atoms with Crippen LogP contribution in [-0.2, 0) is 4.79 Å². The highest BCUT2D eigenvalue weighted by molar-refractivity contribution is 9.10. The number of hydrogen-bond donors (Lipinski definition) is 1. The first-order valence-electron chi connectivity index (χ1n) is 9.12. The summed E-state index contributed by atoms with van der Waals surface area (Å²) in [4.78, 5) is 17.5. The van der Waals surface area contributed by atoms with Gasteiger partial charge in [0.2, 0.25) is 5.95 Å². The van der Waals surface area contributed by atoms with Gasteiger partial charge >= 0.3 is 0 Å². The number of anilines is 1. The zero-order chi connectivity index (χ0) is 19.3. The molecule has 0 saturated heterocycles. The number of nitrogens with zero attached hydrogens (tertiary/aromatic N) is 3. The van der Waals surface area contributed by atoms with Crippen molar-refractivity contribution < 1.29 is 4.79 Å². The van der Waals surface area contributed by atoms with Crippen LogP contribution in [0.3, 0.4) is 0 Å². The second-order valence-corrected chi connectivity index (χ2v) is 8.26. The summed E-state index contributed by atoms with van der Waals surface area (Å²) in [6.45, 7) is 0. The highest BCUT2D eigenvalue weighted by Crippen LogP contribution is 2.41. The highest BCUT2D eigenvalue weighted by Gasteiger charge is 2.37. The molecule has 2 aromatic carbocycles. The topological polar surface area (TPSA) is 59.8 Å². The van der Waals surface area contributed by atoms with Gasteiger partial charge in [-0.05, 0) is 42.7 Å². The average molecular weight is 456 g/mol. The van der Waals surface area contributed by atoms with E-state index in [4.69, 9.17) is 21.7 Å². The van der Waals surface area contributed by atoms with Gasteiger partial charge in [-0.3, -0.25) is 4.79 Å². The molecule has 0 saturated carbocycles. The van der Waals surface area contributed by atoms with Gasteiger partial charge in [0, 0.05) is 27.7 Å². The molecule has 0 spiro atoms. The van der Waals surface area contributed by atoms with E-state index in [1.807, 2.05) is 53.2 Å². The van der Waals surface area contributed by atoms with Crippen LogP contribution in [0.25, 0.3) is 11.4 Å². The molecule has 0 amide bonds. The Hall–Kier alpha value is -2.44. The molecule has 1 aromatic heterocycles. The van der Waals surface area contributed by atoms with Crippen molar-refractivity contribution in [1.82, 2.24) is 14.8 Å². The first-order chi connectivity index (χ1) is 13.6. The maximum Gasteiger partial charge on any atom is 0.226 e. The Bertz CT molecular complexity index is 1140. The van der Waals surface area contributed by atoms with Crippen molar-refractivity contribution in [2.45, 2.75) is 25.3 Å². The molecule has 7 heteroatoms. The Labute approximate surface area is 175 Å². The number of halogens is 2. The predicted molar refractivity (Wildman–Crippen MR) is 112 cm³/mol. The van der Waals surface area contributed by atoms with Gasteiger partial charge in [-0.2, -0.15) is 4.98 Å². The largest absolute Gasteiger partial charge is 0.328 e. The average Bonchev–Trinajstić information content (AvgIpc) is 3.10. The highest BCUT2D eigenvalue weighted by atomic mass is 79.9. The second kappa shape index (κ2) is 6.87. The van der Waals surface area contributed by atoms with Crippen LogP contribution in [0.1, 0.15) is 30.9 Å². The van der Waals surface area contributed by atoms with Crippen molar-refractivity contribution in [3.63, 3.8) is 0 Å². The van der Waals surface area contributed by atoms with Crippen molar-refractivity contribution in [3.8, 4) is 11.4 Å². The maximum atomic E-state index is 12.8. The molecule has 0 fully saturated rings. The van der Waals surface area contributed by atoms with Gasteiger partial charge in [-0.1, -0.05) is 51.8 Å². The third kappa shape index (κ3) is 2.88.